The molecule has 0 amide bonds. The molecule has 0 aliphatic carbocycles. The molecule has 4 nitrogen and oxygen atoms in total. The largest absolute Gasteiger partial charge is 0.269 e. The number of rotatable bonds is 5. The molecule has 25 heavy (non-hydrogen) atoms. The number of nitrogens with zero attached hydrogens (tertiary/aromatic N) is 2. The molecule has 0 aliphatic rings. The monoisotopic (exact) mass is 350 g/mol. The average molecular weight is 350 g/mol. The number of sulfonamides is 1. The van der Waals surface area contributed by atoms with Crippen molar-refractivity contribution in [2.24, 2.45) is 4.99 Å². The topological polar surface area (TPSA) is 49.7 Å². The molecular formula is C20H18N2O2S. The van der Waals surface area contributed by atoms with E-state index in [-0.39, 0.29) is 4.90 Å². The van der Waals surface area contributed by atoms with Crippen LogP contribution < -0.4 is 4.31 Å². The van der Waals surface area contributed by atoms with Crippen LogP contribution in [0.4, 0.5) is 11.4 Å². The van der Waals surface area contributed by atoms with Gasteiger partial charge in [0.2, 0.25) is 0 Å². The molecule has 0 fully saturated rings. The first-order valence-corrected chi connectivity index (χ1v) is 9.24. The fourth-order valence-corrected chi connectivity index (χ4v) is 3.58. The lowest BCUT2D eigenvalue weighted by Gasteiger charge is -2.19. The maximum absolute atomic E-state index is 12.8. The van der Waals surface area contributed by atoms with Gasteiger partial charge in [0.25, 0.3) is 10.0 Å². The molecule has 0 unspecified atom stereocenters. The highest BCUT2D eigenvalue weighted by molar-refractivity contribution is 7.92. The summed E-state index contributed by atoms with van der Waals surface area (Å²) >= 11 is 0. The van der Waals surface area contributed by atoms with E-state index in [1.807, 2.05) is 48.5 Å². The smallest absolute Gasteiger partial charge is 0.264 e. The van der Waals surface area contributed by atoms with Crippen LogP contribution in [0.5, 0.6) is 0 Å². The van der Waals surface area contributed by atoms with Crippen molar-refractivity contribution >= 4 is 27.6 Å². The first-order chi connectivity index (χ1) is 12.1. The molecule has 0 saturated heterocycles. The summed E-state index contributed by atoms with van der Waals surface area (Å²) in [6.07, 6.45) is 1.71. The number of hydrogen-bond acceptors (Lipinski definition) is 3. The molecule has 0 radical (unpaired) electrons. The second-order valence-electron chi connectivity index (χ2n) is 5.47. The number of benzene rings is 3. The number of aliphatic imine (C=N–C) groups is 1. The molecule has 0 heterocycles. The molecule has 0 spiro atoms. The summed E-state index contributed by atoms with van der Waals surface area (Å²) in [6.45, 7) is 0. The van der Waals surface area contributed by atoms with Gasteiger partial charge < -0.3 is 0 Å². The summed E-state index contributed by atoms with van der Waals surface area (Å²) < 4.78 is 26.9. The van der Waals surface area contributed by atoms with Crippen molar-refractivity contribution in [3.63, 3.8) is 0 Å². The van der Waals surface area contributed by atoms with Gasteiger partial charge in [-0.1, -0.05) is 54.6 Å². The standard InChI is InChI=1S/C20H18N2O2S/c1-22(19-12-6-3-7-13-19)25(23,24)20-14-8-11-18(15-20)21-16-17-9-4-2-5-10-17/h2-16H,1H3. The van der Waals surface area contributed by atoms with Crippen LogP contribution in [0, 0.1) is 0 Å². The maximum Gasteiger partial charge on any atom is 0.264 e. The van der Waals surface area contributed by atoms with Gasteiger partial charge in [0.15, 0.2) is 0 Å². The van der Waals surface area contributed by atoms with Gasteiger partial charge in [0.05, 0.1) is 16.3 Å². The Morgan fingerprint density at radius 1 is 0.840 bits per heavy atom. The van der Waals surface area contributed by atoms with Gasteiger partial charge in [0.1, 0.15) is 0 Å². The lowest BCUT2D eigenvalue weighted by molar-refractivity contribution is 0.594. The van der Waals surface area contributed by atoms with Crippen LogP contribution in [-0.2, 0) is 10.0 Å². The van der Waals surface area contributed by atoms with Crippen LogP contribution in [0.15, 0.2) is 94.8 Å². The predicted octanol–water partition coefficient (Wildman–Crippen LogP) is 4.26. The highest BCUT2D eigenvalue weighted by atomic mass is 32.2. The van der Waals surface area contributed by atoms with Crippen LogP contribution in [0.3, 0.4) is 0 Å². The third-order valence-corrected chi connectivity index (χ3v) is 5.54. The molecule has 3 rings (SSSR count). The number of anilines is 1. The molecule has 0 aromatic heterocycles. The molecular weight excluding hydrogens is 332 g/mol. The van der Waals surface area contributed by atoms with Crippen LogP contribution >= 0.6 is 0 Å². The van der Waals surface area contributed by atoms with Crippen molar-refractivity contribution in [1.82, 2.24) is 0 Å². The van der Waals surface area contributed by atoms with Crippen molar-refractivity contribution < 1.29 is 8.42 Å². The van der Waals surface area contributed by atoms with Crippen LogP contribution in [-0.4, -0.2) is 21.7 Å². The van der Waals surface area contributed by atoms with Gasteiger partial charge in [-0.05, 0) is 35.9 Å². The van der Waals surface area contributed by atoms with E-state index in [2.05, 4.69) is 4.99 Å². The first kappa shape index (κ1) is 16.9. The Bertz CT molecular complexity index is 969. The van der Waals surface area contributed by atoms with Gasteiger partial charge in [-0.2, -0.15) is 0 Å². The zero-order valence-corrected chi connectivity index (χ0v) is 14.6. The highest BCUT2D eigenvalue weighted by Gasteiger charge is 2.21. The molecule has 0 saturated carbocycles. The summed E-state index contributed by atoms with van der Waals surface area (Å²) in [5.74, 6) is 0. The minimum Gasteiger partial charge on any atom is -0.269 e. The van der Waals surface area contributed by atoms with Crippen molar-refractivity contribution in [1.29, 1.82) is 0 Å². The molecule has 0 aliphatic heterocycles. The molecule has 0 bridgehead atoms. The number of hydrogen-bond donors (Lipinski definition) is 0. The second kappa shape index (κ2) is 7.32. The minimum atomic E-state index is -3.64. The zero-order chi connectivity index (χ0) is 17.7. The Hall–Kier alpha value is -2.92. The molecule has 3 aromatic carbocycles. The number of para-hydroxylation sites is 1. The maximum atomic E-state index is 12.8. The van der Waals surface area contributed by atoms with E-state index in [0.717, 1.165) is 5.56 Å². The van der Waals surface area contributed by atoms with Crippen LogP contribution in [0.2, 0.25) is 0 Å². The lowest BCUT2D eigenvalue weighted by atomic mass is 10.2. The summed E-state index contributed by atoms with van der Waals surface area (Å²) in [6, 6.07) is 25.3. The Kier molecular flexibility index (Phi) is 4.95. The van der Waals surface area contributed by atoms with Crippen LogP contribution in [0.1, 0.15) is 5.56 Å². The van der Waals surface area contributed by atoms with E-state index in [0.29, 0.717) is 11.4 Å². The van der Waals surface area contributed by atoms with E-state index >= 15 is 0 Å². The minimum absolute atomic E-state index is 0.210. The second-order valence-corrected chi connectivity index (χ2v) is 7.44. The fraction of sp³-hybridized carbons (Fsp3) is 0.0500. The Morgan fingerprint density at radius 3 is 2.16 bits per heavy atom. The molecule has 0 atom stereocenters. The van der Waals surface area contributed by atoms with Crippen molar-refractivity contribution in [2.45, 2.75) is 4.90 Å². The summed E-state index contributed by atoms with van der Waals surface area (Å²) in [5, 5.41) is 0. The fourth-order valence-electron chi connectivity index (χ4n) is 2.35. The van der Waals surface area contributed by atoms with Gasteiger partial charge >= 0.3 is 0 Å². The quantitative estimate of drug-likeness (QED) is 0.646. The average Bonchev–Trinajstić information content (AvgIpc) is 2.67. The molecule has 3 aromatic rings. The SMILES string of the molecule is CN(c1ccccc1)S(=O)(=O)c1cccc(N=Cc2ccccc2)c1. The Labute approximate surface area is 148 Å². The normalized spacial score (nSPS) is 11.6. The van der Waals surface area contributed by atoms with Crippen molar-refractivity contribution in [3.05, 3.63) is 90.5 Å². The van der Waals surface area contributed by atoms with Crippen molar-refractivity contribution in [3.8, 4) is 0 Å². The summed E-state index contributed by atoms with van der Waals surface area (Å²) in [7, 11) is -2.09. The third kappa shape index (κ3) is 3.95. The van der Waals surface area contributed by atoms with Crippen molar-refractivity contribution in [2.75, 3.05) is 11.4 Å². The van der Waals surface area contributed by atoms with Gasteiger partial charge in [0, 0.05) is 13.3 Å². The first-order valence-electron chi connectivity index (χ1n) is 7.80. The highest BCUT2D eigenvalue weighted by Crippen LogP contribution is 2.24. The molecule has 0 N–H and O–H groups in total. The summed E-state index contributed by atoms with van der Waals surface area (Å²) in [5.41, 5.74) is 2.16. The Morgan fingerprint density at radius 2 is 1.48 bits per heavy atom. The van der Waals surface area contributed by atoms with Gasteiger partial charge in [-0.3, -0.25) is 9.30 Å². The summed E-state index contributed by atoms with van der Waals surface area (Å²) in [4.78, 5) is 4.58. The van der Waals surface area contributed by atoms with Crippen LogP contribution in [0.25, 0.3) is 0 Å². The predicted molar refractivity (Wildman–Crippen MR) is 102 cm³/mol. The lowest BCUT2D eigenvalue weighted by Crippen LogP contribution is -2.26. The van der Waals surface area contributed by atoms with E-state index in [1.54, 1.807) is 49.7 Å². The van der Waals surface area contributed by atoms with Gasteiger partial charge in [-0.25, -0.2) is 8.42 Å². The van der Waals surface area contributed by atoms with Gasteiger partial charge in [-0.15, -0.1) is 0 Å². The molecule has 126 valence electrons. The third-order valence-electron chi connectivity index (χ3n) is 3.76. The zero-order valence-electron chi connectivity index (χ0n) is 13.8. The van der Waals surface area contributed by atoms with E-state index in [1.165, 1.54) is 4.31 Å². The Balaban J connectivity index is 1.89. The van der Waals surface area contributed by atoms with E-state index < -0.39 is 10.0 Å². The van der Waals surface area contributed by atoms with E-state index in [4.69, 9.17) is 0 Å². The van der Waals surface area contributed by atoms with E-state index in [9.17, 15) is 8.42 Å². The molecule has 5 heteroatoms.